The Bertz CT molecular complexity index is 201. The highest BCUT2D eigenvalue weighted by atomic mass is 15.1. The summed E-state index contributed by atoms with van der Waals surface area (Å²) >= 11 is 0. The molecule has 0 aromatic heterocycles. The maximum Gasteiger partial charge on any atom is 0.0195 e. The Balaban J connectivity index is 2.87. The molecule has 0 unspecified atom stereocenters. The molecule has 13 heavy (non-hydrogen) atoms. The van der Waals surface area contributed by atoms with E-state index in [-0.39, 0.29) is 0 Å². The van der Waals surface area contributed by atoms with Gasteiger partial charge in [0.25, 0.3) is 0 Å². The first-order chi connectivity index (χ1) is 6.02. The largest absolute Gasteiger partial charge is 0.302 e. The molecule has 0 aromatic carbocycles. The zero-order valence-electron chi connectivity index (χ0n) is 9.72. The van der Waals surface area contributed by atoms with Gasteiger partial charge in [0.1, 0.15) is 0 Å². The molecule has 1 heteroatoms. The molecule has 0 aliphatic carbocycles. The maximum atomic E-state index is 2.43. The van der Waals surface area contributed by atoms with Crippen molar-refractivity contribution in [1.29, 1.82) is 0 Å². The van der Waals surface area contributed by atoms with E-state index in [1.165, 1.54) is 19.5 Å². The molecule has 0 aromatic rings. The van der Waals surface area contributed by atoms with Crippen molar-refractivity contribution in [3.05, 3.63) is 11.1 Å². The number of hydrogen-bond acceptors (Lipinski definition) is 1. The lowest BCUT2D eigenvalue weighted by atomic mass is 9.86. The Morgan fingerprint density at radius 2 is 1.54 bits per heavy atom. The van der Waals surface area contributed by atoms with Gasteiger partial charge in [-0.3, -0.25) is 0 Å². The number of likely N-dealkylation sites (N-methyl/N-ethyl adjacent to an activating group) is 1. The van der Waals surface area contributed by atoms with Gasteiger partial charge in [0.2, 0.25) is 0 Å². The van der Waals surface area contributed by atoms with Crippen molar-refractivity contribution in [2.75, 3.05) is 20.1 Å². The molecule has 1 rings (SSSR count). The van der Waals surface area contributed by atoms with E-state index in [0.29, 0.717) is 0 Å². The standard InChI is InChI=1S/C12H23N/c1-9(2)11-6-7-13(5)8-12(11)10(3)4/h9-10H,6-8H2,1-5H3. The summed E-state index contributed by atoms with van der Waals surface area (Å²) in [5, 5.41) is 0. The summed E-state index contributed by atoms with van der Waals surface area (Å²) in [7, 11) is 2.22. The Kier molecular flexibility index (Phi) is 3.55. The third-order valence-electron chi connectivity index (χ3n) is 3.01. The third-order valence-corrected chi connectivity index (χ3v) is 3.01. The quantitative estimate of drug-likeness (QED) is 0.592. The van der Waals surface area contributed by atoms with Crippen molar-refractivity contribution in [3.63, 3.8) is 0 Å². The topological polar surface area (TPSA) is 3.24 Å². The van der Waals surface area contributed by atoms with Crippen LogP contribution in [0.3, 0.4) is 0 Å². The van der Waals surface area contributed by atoms with Gasteiger partial charge >= 0.3 is 0 Å². The molecule has 0 saturated carbocycles. The van der Waals surface area contributed by atoms with Crippen LogP contribution in [0.15, 0.2) is 11.1 Å². The van der Waals surface area contributed by atoms with Gasteiger partial charge in [0.05, 0.1) is 0 Å². The van der Waals surface area contributed by atoms with E-state index in [1.807, 2.05) is 0 Å². The predicted molar refractivity (Wildman–Crippen MR) is 58.8 cm³/mol. The average Bonchev–Trinajstić information content (AvgIpc) is 2.03. The molecule has 0 saturated heterocycles. The summed E-state index contributed by atoms with van der Waals surface area (Å²) in [5.74, 6) is 1.46. The van der Waals surface area contributed by atoms with Gasteiger partial charge in [-0.1, -0.05) is 38.8 Å². The molecule has 0 spiro atoms. The molecule has 76 valence electrons. The van der Waals surface area contributed by atoms with Gasteiger partial charge in [-0.2, -0.15) is 0 Å². The van der Waals surface area contributed by atoms with E-state index < -0.39 is 0 Å². The minimum absolute atomic E-state index is 0.722. The molecule has 0 amide bonds. The summed E-state index contributed by atoms with van der Waals surface area (Å²) < 4.78 is 0. The lowest BCUT2D eigenvalue weighted by Crippen LogP contribution is -2.30. The lowest BCUT2D eigenvalue weighted by Gasteiger charge is -2.31. The average molecular weight is 181 g/mol. The van der Waals surface area contributed by atoms with E-state index in [0.717, 1.165) is 11.8 Å². The fourth-order valence-electron chi connectivity index (χ4n) is 2.16. The fraction of sp³-hybridized carbons (Fsp3) is 0.833. The maximum absolute atomic E-state index is 2.43. The van der Waals surface area contributed by atoms with E-state index in [4.69, 9.17) is 0 Å². The highest BCUT2D eigenvalue weighted by molar-refractivity contribution is 5.22. The Labute approximate surface area is 82.8 Å². The molecular weight excluding hydrogens is 158 g/mol. The normalized spacial score (nSPS) is 20.5. The first kappa shape index (κ1) is 10.8. The predicted octanol–water partition coefficient (Wildman–Crippen LogP) is 2.93. The van der Waals surface area contributed by atoms with Crippen LogP contribution in [-0.2, 0) is 0 Å². The van der Waals surface area contributed by atoms with Crippen LogP contribution < -0.4 is 0 Å². The second kappa shape index (κ2) is 4.28. The molecule has 0 atom stereocenters. The van der Waals surface area contributed by atoms with Crippen LogP contribution in [-0.4, -0.2) is 25.0 Å². The molecular formula is C12H23N. The molecule has 0 fully saturated rings. The monoisotopic (exact) mass is 181 g/mol. The number of rotatable bonds is 2. The zero-order chi connectivity index (χ0) is 10.0. The molecule has 1 aliphatic rings. The number of hydrogen-bond donors (Lipinski definition) is 0. The van der Waals surface area contributed by atoms with Crippen LogP contribution in [0.1, 0.15) is 34.1 Å². The van der Waals surface area contributed by atoms with Crippen molar-refractivity contribution in [2.45, 2.75) is 34.1 Å². The molecule has 0 bridgehead atoms. The second-order valence-corrected chi connectivity index (χ2v) is 4.85. The first-order valence-electron chi connectivity index (χ1n) is 5.42. The van der Waals surface area contributed by atoms with E-state index in [9.17, 15) is 0 Å². The molecule has 1 heterocycles. The highest BCUT2D eigenvalue weighted by Gasteiger charge is 2.19. The molecule has 1 nitrogen and oxygen atoms in total. The minimum Gasteiger partial charge on any atom is -0.302 e. The van der Waals surface area contributed by atoms with Gasteiger partial charge in [-0.05, 0) is 25.3 Å². The van der Waals surface area contributed by atoms with Gasteiger partial charge in [-0.15, -0.1) is 0 Å². The smallest absolute Gasteiger partial charge is 0.0195 e. The van der Waals surface area contributed by atoms with Crippen LogP contribution in [0.4, 0.5) is 0 Å². The van der Waals surface area contributed by atoms with Crippen LogP contribution in [0.5, 0.6) is 0 Å². The third kappa shape index (κ3) is 2.57. The summed E-state index contributed by atoms with van der Waals surface area (Å²) in [5.41, 5.74) is 3.40. The van der Waals surface area contributed by atoms with E-state index >= 15 is 0 Å². The summed E-state index contributed by atoms with van der Waals surface area (Å²) in [6.45, 7) is 11.7. The first-order valence-corrected chi connectivity index (χ1v) is 5.42. The Morgan fingerprint density at radius 1 is 1.00 bits per heavy atom. The van der Waals surface area contributed by atoms with Gasteiger partial charge in [0, 0.05) is 13.1 Å². The molecule has 0 N–H and O–H groups in total. The van der Waals surface area contributed by atoms with Gasteiger partial charge in [0.15, 0.2) is 0 Å². The lowest BCUT2D eigenvalue weighted by molar-refractivity contribution is 0.325. The molecule has 0 radical (unpaired) electrons. The SMILES string of the molecule is CC(C)C1=C(C(C)C)CN(C)CC1. The van der Waals surface area contributed by atoms with Crippen LogP contribution in [0.25, 0.3) is 0 Å². The van der Waals surface area contributed by atoms with Crippen LogP contribution >= 0.6 is 0 Å². The van der Waals surface area contributed by atoms with Gasteiger partial charge in [-0.25, -0.2) is 0 Å². The highest BCUT2D eigenvalue weighted by Crippen LogP contribution is 2.28. The summed E-state index contributed by atoms with van der Waals surface area (Å²) in [6.07, 6.45) is 1.28. The van der Waals surface area contributed by atoms with Crippen molar-refractivity contribution in [1.82, 2.24) is 4.90 Å². The minimum atomic E-state index is 0.722. The number of nitrogens with zero attached hydrogens (tertiary/aromatic N) is 1. The van der Waals surface area contributed by atoms with E-state index in [1.54, 1.807) is 11.1 Å². The summed E-state index contributed by atoms with van der Waals surface area (Å²) in [4.78, 5) is 2.43. The Morgan fingerprint density at radius 3 is 2.00 bits per heavy atom. The zero-order valence-corrected chi connectivity index (χ0v) is 9.72. The van der Waals surface area contributed by atoms with Crippen molar-refractivity contribution < 1.29 is 0 Å². The van der Waals surface area contributed by atoms with Gasteiger partial charge < -0.3 is 4.90 Å². The summed E-state index contributed by atoms with van der Waals surface area (Å²) in [6, 6.07) is 0. The second-order valence-electron chi connectivity index (χ2n) is 4.85. The van der Waals surface area contributed by atoms with E-state index in [2.05, 4.69) is 39.6 Å². The van der Waals surface area contributed by atoms with Crippen molar-refractivity contribution in [2.24, 2.45) is 11.8 Å². The fourth-order valence-corrected chi connectivity index (χ4v) is 2.16. The van der Waals surface area contributed by atoms with Crippen molar-refractivity contribution in [3.8, 4) is 0 Å². The van der Waals surface area contributed by atoms with Crippen molar-refractivity contribution >= 4 is 0 Å². The Hall–Kier alpha value is -0.300. The van der Waals surface area contributed by atoms with Crippen LogP contribution in [0, 0.1) is 11.8 Å². The van der Waals surface area contributed by atoms with Crippen LogP contribution in [0.2, 0.25) is 0 Å². The molecule has 1 aliphatic heterocycles.